The van der Waals surface area contributed by atoms with Gasteiger partial charge in [-0.2, -0.15) is 0 Å². The van der Waals surface area contributed by atoms with Gasteiger partial charge in [0.1, 0.15) is 18.1 Å². The van der Waals surface area contributed by atoms with Gasteiger partial charge in [-0.15, -0.1) is 0 Å². The van der Waals surface area contributed by atoms with E-state index in [4.69, 9.17) is 11.5 Å². The number of rotatable bonds is 10. The first-order valence-corrected chi connectivity index (χ1v) is 14.5. The van der Waals surface area contributed by atoms with Gasteiger partial charge < -0.3 is 37.1 Å². The molecule has 2 fully saturated rings. The molecule has 0 radical (unpaired) electrons. The van der Waals surface area contributed by atoms with Crippen molar-refractivity contribution in [3.63, 3.8) is 0 Å². The van der Waals surface area contributed by atoms with Crippen molar-refractivity contribution in [2.45, 2.75) is 90.1 Å². The van der Waals surface area contributed by atoms with E-state index in [1.807, 2.05) is 45.0 Å². The molecule has 4 rings (SSSR count). The SMILES string of the molecule is C[C@@H](O)[C@H](NC(=O)[C@H](Cc1c[nH]c2ccccc12)NC(=O)[C@@H]1C2CCCC2CN1C(=O)[C@@H](N)CC(C)(C)C)C(N)=O. The average Bonchev–Trinajstić information content (AvgIpc) is 3.59. The van der Waals surface area contributed by atoms with E-state index in [1.54, 1.807) is 11.1 Å². The first-order valence-electron chi connectivity index (χ1n) is 14.5. The number of nitrogens with two attached hydrogens (primary N) is 2. The highest BCUT2D eigenvalue weighted by Gasteiger charge is 2.50. The van der Waals surface area contributed by atoms with Crippen molar-refractivity contribution in [2.24, 2.45) is 28.7 Å². The molecule has 41 heavy (non-hydrogen) atoms. The number of benzene rings is 1. The van der Waals surface area contributed by atoms with E-state index in [2.05, 4.69) is 15.6 Å². The summed E-state index contributed by atoms with van der Waals surface area (Å²) in [6, 6.07) is 3.69. The van der Waals surface area contributed by atoms with E-state index in [0.29, 0.717) is 13.0 Å². The van der Waals surface area contributed by atoms with Gasteiger partial charge in [-0.25, -0.2) is 0 Å². The Morgan fingerprint density at radius 3 is 2.51 bits per heavy atom. The molecule has 4 amide bonds. The number of nitrogens with zero attached hydrogens (tertiary/aromatic N) is 1. The lowest BCUT2D eigenvalue weighted by molar-refractivity contribution is -0.142. The van der Waals surface area contributed by atoms with Crippen LogP contribution < -0.4 is 22.1 Å². The Balaban J connectivity index is 1.61. The van der Waals surface area contributed by atoms with Crippen LogP contribution in [0, 0.1) is 17.3 Å². The number of hydrogen-bond acceptors (Lipinski definition) is 6. The fourth-order valence-electron chi connectivity index (χ4n) is 6.50. The highest BCUT2D eigenvalue weighted by Crippen LogP contribution is 2.42. The second kappa shape index (κ2) is 12.2. The molecule has 1 aromatic carbocycles. The maximum atomic E-state index is 14.0. The van der Waals surface area contributed by atoms with Crippen LogP contribution in [-0.4, -0.2) is 75.4 Å². The Hall–Kier alpha value is -3.44. The maximum Gasteiger partial charge on any atom is 0.243 e. The van der Waals surface area contributed by atoms with Crippen molar-refractivity contribution in [2.75, 3.05) is 6.54 Å². The minimum atomic E-state index is -1.33. The van der Waals surface area contributed by atoms with Crippen LogP contribution in [0.5, 0.6) is 0 Å². The summed E-state index contributed by atoms with van der Waals surface area (Å²) in [4.78, 5) is 57.8. The van der Waals surface area contributed by atoms with Crippen molar-refractivity contribution >= 4 is 34.5 Å². The Morgan fingerprint density at radius 1 is 1.15 bits per heavy atom. The van der Waals surface area contributed by atoms with Gasteiger partial charge in [0.15, 0.2) is 0 Å². The minimum Gasteiger partial charge on any atom is -0.391 e. The summed E-state index contributed by atoms with van der Waals surface area (Å²) in [5, 5.41) is 16.3. The van der Waals surface area contributed by atoms with Gasteiger partial charge in [0.05, 0.1) is 12.1 Å². The number of aromatic nitrogens is 1. The van der Waals surface area contributed by atoms with Gasteiger partial charge >= 0.3 is 0 Å². The first-order chi connectivity index (χ1) is 19.3. The topological polar surface area (TPSA) is 184 Å². The van der Waals surface area contributed by atoms with Crippen molar-refractivity contribution in [1.29, 1.82) is 0 Å². The lowest BCUT2D eigenvalue weighted by Crippen LogP contribution is -2.60. The molecule has 8 N–H and O–H groups in total. The monoisotopic (exact) mass is 568 g/mol. The molecule has 7 atom stereocenters. The second-order valence-corrected chi connectivity index (χ2v) is 12.9. The molecule has 11 nitrogen and oxygen atoms in total. The molecule has 1 saturated carbocycles. The number of fused-ring (bicyclic) bond motifs is 2. The largest absolute Gasteiger partial charge is 0.391 e. The fraction of sp³-hybridized carbons (Fsp3) is 0.600. The molecule has 2 aromatic rings. The second-order valence-electron chi connectivity index (χ2n) is 12.9. The standard InChI is InChI=1S/C30H44N6O5/c1-16(37)24(26(32)38)35-27(39)23(12-18-14-33-22-11-6-5-9-19(18)22)34-28(40)25-20-10-7-8-17(20)15-36(25)29(41)21(31)13-30(2,3)4/h5-6,9,11,14,16-17,20-21,23-25,33,37H,7-8,10,12-13,15,31H2,1-4H3,(H2,32,38)(H,34,40)(H,35,39)/t16-,17?,20?,21+,23+,24+,25+/m1/s1. The average molecular weight is 569 g/mol. The molecule has 0 bridgehead atoms. The normalized spacial score (nSPS) is 23.5. The Labute approximate surface area is 240 Å². The van der Waals surface area contributed by atoms with Gasteiger partial charge in [0.2, 0.25) is 23.6 Å². The molecule has 2 heterocycles. The lowest BCUT2D eigenvalue weighted by Gasteiger charge is -2.32. The Kier molecular flexibility index (Phi) is 9.08. The number of primary amides is 1. The van der Waals surface area contributed by atoms with E-state index in [-0.39, 0.29) is 29.6 Å². The smallest absolute Gasteiger partial charge is 0.243 e. The number of hydrogen-bond donors (Lipinski definition) is 6. The number of likely N-dealkylation sites (tertiary alicyclic amines) is 1. The zero-order valence-electron chi connectivity index (χ0n) is 24.4. The highest BCUT2D eigenvalue weighted by molar-refractivity contribution is 5.96. The first kappa shape index (κ1) is 30.5. The summed E-state index contributed by atoms with van der Waals surface area (Å²) in [6.07, 6.45) is 3.86. The molecule has 1 aromatic heterocycles. The van der Waals surface area contributed by atoms with E-state index in [0.717, 1.165) is 35.7 Å². The number of carbonyl (C=O) groups excluding carboxylic acids is 4. The molecule has 1 saturated heterocycles. The summed E-state index contributed by atoms with van der Waals surface area (Å²) in [5.41, 5.74) is 13.3. The third kappa shape index (κ3) is 6.90. The summed E-state index contributed by atoms with van der Waals surface area (Å²) < 4.78 is 0. The number of aliphatic hydroxyl groups is 1. The summed E-state index contributed by atoms with van der Waals surface area (Å²) >= 11 is 0. The van der Waals surface area contributed by atoms with E-state index in [1.165, 1.54) is 6.92 Å². The molecular weight excluding hydrogens is 524 g/mol. The molecule has 2 aliphatic rings. The number of H-pyrrole nitrogens is 1. The summed E-state index contributed by atoms with van der Waals surface area (Å²) in [7, 11) is 0. The van der Waals surface area contributed by atoms with Crippen molar-refractivity contribution < 1.29 is 24.3 Å². The maximum absolute atomic E-state index is 14.0. The van der Waals surface area contributed by atoms with Gasteiger partial charge in [0, 0.05) is 30.1 Å². The molecule has 2 unspecified atom stereocenters. The number of aromatic amines is 1. The van der Waals surface area contributed by atoms with Gasteiger partial charge in [-0.05, 0) is 55.1 Å². The van der Waals surface area contributed by atoms with Crippen LogP contribution in [0.2, 0.25) is 0 Å². The molecular formula is C30H44N6O5. The highest BCUT2D eigenvalue weighted by atomic mass is 16.3. The predicted molar refractivity (Wildman–Crippen MR) is 155 cm³/mol. The fourth-order valence-corrected chi connectivity index (χ4v) is 6.50. The van der Waals surface area contributed by atoms with Gasteiger partial charge in [-0.3, -0.25) is 19.2 Å². The predicted octanol–water partition coefficient (Wildman–Crippen LogP) is 0.937. The van der Waals surface area contributed by atoms with Gasteiger partial charge in [0.25, 0.3) is 0 Å². The zero-order chi connectivity index (χ0) is 30.1. The van der Waals surface area contributed by atoms with Crippen LogP contribution in [-0.2, 0) is 25.6 Å². The molecule has 1 aliphatic heterocycles. The van der Waals surface area contributed by atoms with E-state index < -0.39 is 48.0 Å². The number of amides is 4. The Bertz CT molecular complexity index is 1280. The number of para-hydroxylation sites is 1. The summed E-state index contributed by atoms with van der Waals surface area (Å²) in [6.45, 7) is 7.87. The lowest BCUT2D eigenvalue weighted by atomic mass is 9.87. The van der Waals surface area contributed by atoms with E-state index >= 15 is 0 Å². The van der Waals surface area contributed by atoms with Crippen molar-refractivity contribution in [3.8, 4) is 0 Å². The third-order valence-electron chi connectivity index (χ3n) is 8.41. The quantitative estimate of drug-likeness (QED) is 0.248. The van der Waals surface area contributed by atoms with Crippen LogP contribution in [0.1, 0.15) is 58.9 Å². The summed E-state index contributed by atoms with van der Waals surface area (Å²) in [5.74, 6) is -2.05. The van der Waals surface area contributed by atoms with Crippen LogP contribution in [0.15, 0.2) is 30.5 Å². The van der Waals surface area contributed by atoms with Crippen molar-refractivity contribution in [3.05, 3.63) is 36.0 Å². The number of aliphatic hydroxyl groups excluding tert-OH is 1. The number of carbonyl (C=O) groups is 4. The molecule has 11 heteroatoms. The van der Waals surface area contributed by atoms with Crippen LogP contribution in [0.3, 0.4) is 0 Å². The molecule has 1 aliphatic carbocycles. The van der Waals surface area contributed by atoms with Crippen LogP contribution >= 0.6 is 0 Å². The Morgan fingerprint density at radius 2 is 1.85 bits per heavy atom. The van der Waals surface area contributed by atoms with Crippen LogP contribution in [0.25, 0.3) is 10.9 Å². The zero-order valence-corrected chi connectivity index (χ0v) is 24.4. The van der Waals surface area contributed by atoms with E-state index in [9.17, 15) is 24.3 Å². The molecule has 224 valence electrons. The molecule has 0 spiro atoms. The minimum absolute atomic E-state index is 0.0200. The van der Waals surface area contributed by atoms with Crippen LogP contribution in [0.4, 0.5) is 0 Å². The van der Waals surface area contributed by atoms with Gasteiger partial charge in [-0.1, -0.05) is 45.4 Å². The number of nitrogens with one attached hydrogen (secondary N) is 3. The third-order valence-corrected chi connectivity index (χ3v) is 8.41. The van der Waals surface area contributed by atoms with Crippen molar-refractivity contribution in [1.82, 2.24) is 20.5 Å².